The summed E-state index contributed by atoms with van der Waals surface area (Å²) >= 11 is 0. The largest absolute Gasteiger partial charge is 0.316 e. The summed E-state index contributed by atoms with van der Waals surface area (Å²) in [6.07, 6.45) is 4.11. The van der Waals surface area contributed by atoms with Gasteiger partial charge in [-0.1, -0.05) is 13.8 Å². The first-order valence-electron chi connectivity index (χ1n) is 6.04. The Morgan fingerprint density at radius 1 is 1.29 bits per heavy atom. The van der Waals surface area contributed by atoms with Crippen molar-refractivity contribution in [3.05, 3.63) is 0 Å². The Balaban J connectivity index is 1.99. The Labute approximate surface area is 89.1 Å². The first kappa shape index (κ1) is 12.0. The van der Waals surface area contributed by atoms with Crippen LogP contribution in [0.15, 0.2) is 0 Å². The van der Waals surface area contributed by atoms with Crippen LogP contribution in [0, 0.1) is 5.92 Å². The maximum atomic E-state index is 3.50. The average molecular weight is 198 g/mol. The second-order valence-electron chi connectivity index (χ2n) is 5.13. The van der Waals surface area contributed by atoms with Crippen LogP contribution >= 0.6 is 0 Å². The molecule has 0 saturated heterocycles. The third-order valence-corrected chi connectivity index (χ3v) is 3.11. The molecular weight excluding hydrogens is 172 g/mol. The first-order chi connectivity index (χ1) is 6.61. The minimum absolute atomic E-state index is 0.738. The molecule has 14 heavy (non-hydrogen) atoms. The van der Waals surface area contributed by atoms with E-state index in [1.807, 2.05) is 0 Å². The van der Waals surface area contributed by atoms with Crippen molar-refractivity contribution in [2.24, 2.45) is 5.92 Å². The van der Waals surface area contributed by atoms with Crippen molar-refractivity contribution < 1.29 is 0 Å². The van der Waals surface area contributed by atoms with Gasteiger partial charge in [-0.05, 0) is 52.2 Å². The molecule has 2 nitrogen and oxygen atoms in total. The molecule has 0 radical (unpaired) electrons. The summed E-state index contributed by atoms with van der Waals surface area (Å²) in [7, 11) is 2.27. The molecule has 84 valence electrons. The van der Waals surface area contributed by atoms with Gasteiger partial charge in [-0.2, -0.15) is 0 Å². The summed E-state index contributed by atoms with van der Waals surface area (Å²) < 4.78 is 0. The van der Waals surface area contributed by atoms with Gasteiger partial charge in [0.05, 0.1) is 0 Å². The van der Waals surface area contributed by atoms with Crippen LogP contribution in [0.3, 0.4) is 0 Å². The average Bonchev–Trinajstić information content (AvgIpc) is 2.93. The van der Waals surface area contributed by atoms with Gasteiger partial charge in [-0.3, -0.25) is 0 Å². The zero-order valence-electron chi connectivity index (χ0n) is 10.2. The number of nitrogens with zero attached hydrogens (tertiary/aromatic N) is 1. The van der Waals surface area contributed by atoms with Gasteiger partial charge in [0.25, 0.3) is 0 Å². The fraction of sp³-hybridized carbons (Fsp3) is 1.00. The lowest BCUT2D eigenvalue weighted by molar-refractivity contribution is 0.234. The molecular formula is C12H26N2. The summed E-state index contributed by atoms with van der Waals surface area (Å²) in [5.74, 6) is 0.770. The van der Waals surface area contributed by atoms with Crippen LogP contribution in [0.4, 0.5) is 0 Å². The van der Waals surface area contributed by atoms with E-state index in [9.17, 15) is 0 Å². The zero-order chi connectivity index (χ0) is 10.6. The Kier molecular flexibility index (Phi) is 4.90. The quantitative estimate of drug-likeness (QED) is 0.630. The minimum atomic E-state index is 0.738. The molecule has 0 aromatic carbocycles. The van der Waals surface area contributed by atoms with Gasteiger partial charge in [0, 0.05) is 12.1 Å². The standard InChI is InChI=1S/C12H26N2/c1-10(2)9-13-8-7-11(3)14(4)12-5-6-12/h10-13H,5-9H2,1-4H3. The van der Waals surface area contributed by atoms with Gasteiger partial charge in [0.2, 0.25) is 0 Å². The van der Waals surface area contributed by atoms with Crippen LogP contribution in [-0.2, 0) is 0 Å². The number of rotatable bonds is 7. The van der Waals surface area contributed by atoms with Gasteiger partial charge >= 0.3 is 0 Å². The van der Waals surface area contributed by atoms with E-state index in [0.717, 1.165) is 31.1 Å². The topological polar surface area (TPSA) is 15.3 Å². The molecule has 2 heteroatoms. The van der Waals surface area contributed by atoms with Crippen LogP contribution in [0.25, 0.3) is 0 Å². The van der Waals surface area contributed by atoms with Crippen molar-refractivity contribution in [1.29, 1.82) is 0 Å². The van der Waals surface area contributed by atoms with E-state index in [-0.39, 0.29) is 0 Å². The monoisotopic (exact) mass is 198 g/mol. The predicted octanol–water partition coefficient (Wildman–Crippen LogP) is 2.10. The van der Waals surface area contributed by atoms with Gasteiger partial charge in [-0.15, -0.1) is 0 Å². The van der Waals surface area contributed by atoms with Gasteiger partial charge in [0.15, 0.2) is 0 Å². The first-order valence-corrected chi connectivity index (χ1v) is 6.04. The van der Waals surface area contributed by atoms with Crippen LogP contribution in [0.5, 0.6) is 0 Å². The lowest BCUT2D eigenvalue weighted by atomic mass is 10.2. The molecule has 0 aromatic rings. The molecule has 1 rings (SSSR count). The van der Waals surface area contributed by atoms with E-state index < -0.39 is 0 Å². The zero-order valence-corrected chi connectivity index (χ0v) is 10.2. The number of nitrogens with one attached hydrogen (secondary N) is 1. The Morgan fingerprint density at radius 2 is 1.93 bits per heavy atom. The molecule has 0 amide bonds. The third-order valence-electron chi connectivity index (χ3n) is 3.11. The molecule has 0 bridgehead atoms. The molecule has 0 heterocycles. The SMILES string of the molecule is CC(C)CNCCC(C)N(C)C1CC1. The van der Waals surface area contributed by atoms with Crippen molar-refractivity contribution in [1.82, 2.24) is 10.2 Å². The number of hydrogen-bond donors (Lipinski definition) is 1. The third kappa shape index (κ3) is 4.43. The summed E-state index contributed by atoms with van der Waals surface area (Å²) in [5.41, 5.74) is 0. The van der Waals surface area contributed by atoms with Crippen molar-refractivity contribution >= 4 is 0 Å². The highest BCUT2D eigenvalue weighted by molar-refractivity contribution is 4.85. The van der Waals surface area contributed by atoms with E-state index in [0.29, 0.717) is 0 Å². The fourth-order valence-electron chi connectivity index (χ4n) is 1.75. The molecule has 1 unspecified atom stereocenters. The van der Waals surface area contributed by atoms with Crippen LogP contribution < -0.4 is 5.32 Å². The maximum Gasteiger partial charge on any atom is 0.00961 e. The lowest BCUT2D eigenvalue weighted by Gasteiger charge is -2.24. The van der Waals surface area contributed by atoms with Crippen molar-refractivity contribution in [2.45, 2.75) is 52.1 Å². The fourth-order valence-corrected chi connectivity index (χ4v) is 1.75. The van der Waals surface area contributed by atoms with Crippen molar-refractivity contribution in [3.8, 4) is 0 Å². The van der Waals surface area contributed by atoms with E-state index in [2.05, 4.69) is 38.0 Å². The van der Waals surface area contributed by atoms with Gasteiger partial charge < -0.3 is 10.2 Å². The van der Waals surface area contributed by atoms with E-state index in [1.165, 1.54) is 19.3 Å². The minimum Gasteiger partial charge on any atom is -0.316 e. The number of hydrogen-bond acceptors (Lipinski definition) is 2. The van der Waals surface area contributed by atoms with Crippen LogP contribution in [-0.4, -0.2) is 37.1 Å². The molecule has 0 aromatic heterocycles. The molecule has 0 aliphatic heterocycles. The predicted molar refractivity (Wildman–Crippen MR) is 62.6 cm³/mol. The Hall–Kier alpha value is -0.0800. The van der Waals surface area contributed by atoms with Crippen molar-refractivity contribution in [2.75, 3.05) is 20.1 Å². The van der Waals surface area contributed by atoms with Gasteiger partial charge in [-0.25, -0.2) is 0 Å². The van der Waals surface area contributed by atoms with E-state index >= 15 is 0 Å². The smallest absolute Gasteiger partial charge is 0.00961 e. The molecule has 1 aliphatic carbocycles. The Bertz CT molecular complexity index is 152. The highest BCUT2D eigenvalue weighted by Gasteiger charge is 2.28. The summed E-state index contributed by atoms with van der Waals surface area (Å²) in [6, 6.07) is 1.64. The maximum absolute atomic E-state index is 3.50. The van der Waals surface area contributed by atoms with Crippen molar-refractivity contribution in [3.63, 3.8) is 0 Å². The second kappa shape index (κ2) is 5.72. The molecule has 0 spiro atoms. The second-order valence-corrected chi connectivity index (χ2v) is 5.13. The van der Waals surface area contributed by atoms with Gasteiger partial charge in [0.1, 0.15) is 0 Å². The van der Waals surface area contributed by atoms with E-state index in [4.69, 9.17) is 0 Å². The summed E-state index contributed by atoms with van der Waals surface area (Å²) in [5, 5.41) is 3.50. The summed E-state index contributed by atoms with van der Waals surface area (Å²) in [4.78, 5) is 2.54. The molecule has 1 saturated carbocycles. The van der Waals surface area contributed by atoms with Crippen LogP contribution in [0.2, 0.25) is 0 Å². The highest BCUT2D eigenvalue weighted by atomic mass is 15.2. The normalized spacial score (nSPS) is 19.3. The molecule has 1 aliphatic rings. The van der Waals surface area contributed by atoms with E-state index in [1.54, 1.807) is 0 Å². The summed E-state index contributed by atoms with van der Waals surface area (Å²) in [6.45, 7) is 9.17. The molecule has 1 N–H and O–H groups in total. The molecule has 1 atom stereocenters. The lowest BCUT2D eigenvalue weighted by Crippen LogP contribution is -2.34. The Morgan fingerprint density at radius 3 is 2.43 bits per heavy atom. The van der Waals surface area contributed by atoms with Crippen LogP contribution in [0.1, 0.15) is 40.0 Å². The highest BCUT2D eigenvalue weighted by Crippen LogP contribution is 2.27. The molecule has 1 fully saturated rings.